The lowest BCUT2D eigenvalue weighted by molar-refractivity contribution is 0.135. The van der Waals surface area contributed by atoms with Crippen molar-refractivity contribution < 1.29 is 18.7 Å². The Labute approximate surface area is 195 Å². The maximum absolute atomic E-state index is 14.7. The van der Waals surface area contributed by atoms with Gasteiger partial charge >= 0.3 is 6.09 Å². The van der Waals surface area contributed by atoms with Crippen LogP contribution in [0.4, 0.5) is 9.18 Å². The number of carbonyl (C=O) groups is 1. The van der Waals surface area contributed by atoms with Gasteiger partial charge in [0.25, 0.3) is 0 Å². The second-order valence-electron chi connectivity index (χ2n) is 8.13. The molecule has 1 aromatic heterocycles. The highest BCUT2D eigenvalue weighted by Crippen LogP contribution is 2.40. The van der Waals surface area contributed by atoms with Gasteiger partial charge in [0.1, 0.15) is 11.8 Å². The number of amides is 1. The van der Waals surface area contributed by atoms with Crippen molar-refractivity contribution in [2.24, 2.45) is 0 Å². The Balaban J connectivity index is 1.60. The number of nitrogens with zero attached hydrogens (tertiary/aromatic N) is 1. The summed E-state index contributed by atoms with van der Waals surface area (Å²) in [5.41, 5.74) is 4.49. The molecule has 5 rings (SSSR count). The van der Waals surface area contributed by atoms with Crippen LogP contribution in [-0.4, -0.2) is 29.6 Å². The van der Waals surface area contributed by atoms with Crippen LogP contribution in [0.3, 0.4) is 0 Å². The molecule has 1 aliphatic heterocycles. The van der Waals surface area contributed by atoms with E-state index in [4.69, 9.17) is 21.1 Å². The van der Waals surface area contributed by atoms with Crippen molar-refractivity contribution in [1.82, 2.24) is 9.88 Å². The maximum Gasteiger partial charge on any atom is 0.416 e. The SMILES string of the molecule is COc1ccc(C2c3[nH]c4ccc(Cl)cc4c3CCN2C(=O)Oc2ccc(C)cc2)cc1F. The molecule has 2 heterocycles. The van der Waals surface area contributed by atoms with Gasteiger partial charge in [-0.05, 0) is 66.9 Å². The first-order chi connectivity index (χ1) is 15.9. The summed E-state index contributed by atoms with van der Waals surface area (Å²) >= 11 is 6.24. The molecule has 1 amide bonds. The molecule has 7 heteroatoms. The van der Waals surface area contributed by atoms with E-state index < -0.39 is 18.0 Å². The first-order valence-corrected chi connectivity index (χ1v) is 11.0. The topological polar surface area (TPSA) is 54.6 Å². The van der Waals surface area contributed by atoms with Crippen molar-refractivity contribution in [3.8, 4) is 11.5 Å². The van der Waals surface area contributed by atoms with E-state index in [1.165, 1.54) is 13.2 Å². The molecule has 0 spiro atoms. The molecule has 168 valence electrons. The molecular formula is C26H22ClFN2O3. The molecule has 1 unspecified atom stereocenters. The third kappa shape index (κ3) is 3.91. The maximum atomic E-state index is 14.7. The number of aromatic amines is 1. The summed E-state index contributed by atoms with van der Waals surface area (Å²) in [6.45, 7) is 2.38. The Morgan fingerprint density at radius 1 is 1.12 bits per heavy atom. The molecule has 33 heavy (non-hydrogen) atoms. The van der Waals surface area contributed by atoms with E-state index in [9.17, 15) is 9.18 Å². The van der Waals surface area contributed by atoms with Gasteiger partial charge in [0.15, 0.2) is 11.6 Å². The number of H-pyrrole nitrogens is 1. The summed E-state index contributed by atoms with van der Waals surface area (Å²) in [6, 6.07) is 17.1. The summed E-state index contributed by atoms with van der Waals surface area (Å²) < 4.78 is 25.4. The quantitative estimate of drug-likeness (QED) is 0.380. The molecule has 1 atom stereocenters. The first kappa shape index (κ1) is 21.3. The third-order valence-corrected chi connectivity index (χ3v) is 6.28. The highest BCUT2D eigenvalue weighted by molar-refractivity contribution is 6.31. The Morgan fingerprint density at radius 2 is 1.91 bits per heavy atom. The molecule has 5 nitrogen and oxygen atoms in total. The molecule has 4 aromatic rings. The molecule has 1 N–H and O–H groups in total. The van der Waals surface area contributed by atoms with Crippen molar-refractivity contribution >= 4 is 28.6 Å². The predicted molar refractivity (Wildman–Crippen MR) is 126 cm³/mol. The number of rotatable bonds is 3. The summed E-state index contributed by atoms with van der Waals surface area (Å²) in [5.74, 6) is 0.111. The number of fused-ring (bicyclic) bond motifs is 3. The van der Waals surface area contributed by atoms with Crippen molar-refractivity contribution in [2.75, 3.05) is 13.7 Å². The Morgan fingerprint density at radius 3 is 2.64 bits per heavy atom. The van der Waals surface area contributed by atoms with E-state index >= 15 is 0 Å². The molecule has 0 aliphatic carbocycles. The van der Waals surface area contributed by atoms with Gasteiger partial charge in [0.2, 0.25) is 0 Å². The standard InChI is InChI=1S/C26H22ClFN2O3/c1-15-3-7-18(8-4-15)33-26(31)30-12-11-19-20-14-17(27)6-9-22(20)29-24(19)25(30)16-5-10-23(32-2)21(28)13-16/h3-10,13-14,25,29H,11-12H2,1-2H3. The molecule has 3 aromatic carbocycles. The van der Waals surface area contributed by atoms with Crippen LogP contribution in [0.15, 0.2) is 60.7 Å². The number of nitrogens with one attached hydrogen (secondary N) is 1. The largest absolute Gasteiger partial charge is 0.494 e. The Bertz CT molecular complexity index is 1350. The average Bonchev–Trinajstić information content (AvgIpc) is 3.17. The van der Waals surface area contributed by atoms with Crippen molar-refractivity contribution in [2.45, 2.75) is 19.4 Å². The second-order valence-corrected chi connectivity index (χ2v) is 8.56. The van der Waals surface area contributed by atoms with E-state index in [1.54, 1.807) is 29.2 Å². The van der Waals surface area contributed by atoms with Crippen LogP contribution < -0.4 is 9.47 Å². The van der Waals surface area contributed by atoms with Gasteiger partial charge in [0.05, 0.1) is 7.11 Å². The van der Waals surface area contributed by atoms with Gasteiger partial charge in [-0.15, -0.1) is 0 Å². The van der Waals surface area contributed by atoms with E-state index in [2.05, 4.69) is 4.98 Å². The number of benzene rings is 3. The number of halogens is 2. The molecule has 0 bridgehead atoms. The van der Waals surface area contributed by atoms with Crippen LogP contribution in [-0.2, 0) is 6.42 Å². The van der Waals surface area contributed by atoms with E-state index in [-0.39, 0.29) is 5.75 Å². The highest BCUT2D eigenvalue weighted by Gasteiger charge is 2.36. The number of carbonyl (C=O) groups excluding carboxylic acids is 1. The van der Waals surface area contributed by atoms with Crippen molar-refractivity contribution in [3.05, 3.63) is 93.9 Å². The Hall–Kier alpha value is -3.51. The normalized spacial score (nSPS) is 15.4. The van der Waals surface area contributed by atoms with Gasteiger partial charge in [-0.3, -0.25) is 4.90 Å². The van der Waals surface area contributed by atoms with Crippen LogP contribution in [0.25, 0.3) is 10.9 Å². The van der Waals surface area contributed by atoms with E-state index in [0.29, 0.717) is 29.3 Å². The number of methoxy groups -OCH3 is 1. The second kappa shape index (κ2) is 8.45. The molecule has 1 aliphatic rings. The van der Waals surface area contributed by atoms with Gasteiger partial charge in [-0.2, -0.15) is 0 Å². The van der Waals surface area contributed by atoms with Crippen LogP contribution in [0.5, 0.6) is 11.5 Å². The van der Waals surface area contributed by atoms with Crippen molar-refractivity contribution in [1.29, 1.82) is 0 Å². The van der Waals surface area contributed by atoms with E-state index in [0.717, 1.165) is 27.7 Å². The molecule has 0 saturated carbocycles. The lowest BCUT2D eigenvalue weighted by atomic mass is 9.92. The van der Waals surface area contributed by atoms with Crippen LogP contribution in [0.1, 0.15) is 28.4 Å². The summed E-state index contributed by atoms with van der Waals surface area (Å²) in [7, 11) is 1.42. The number of aromatic nitrogens is 1. The lowest BCUT2D eigenvalue weighted by Crippen LogP contribution is -2.42. The molecule has 0 saturated heterocycles. The number of aryl methyl sites for hydroxylation is 1. The van der Waals surface area contributed by atoms with Gasteiger partial charge in [-0.1, -0.05) is 35.4 Å². The zero-order chi connectivity index (χ0) is 23.1. The number of ether oxygens (including phenoxy) is 2. The first-order valence-electron chi connectivity index (χ1n) is 10.6. The van der Waals surface area contributed by atoms with Crippen LogP contribution in [0, 0.1) is 12.7 Å². The Kier molecular flexibility index (Phi) is 5.46. The van der Waals surface area contributed by atoms with E-state index in [1.807, 2.05) is 37.3 Å². The third-order valence-electron chi connectivity index (χ3n) is 6.04. The molecule has 0 fully saturated rings. The summed E-state index contributed by atoms with van der Waals surface area (Å²) in [6.07, 6.45) is 0.121. The molecule has 0 radical (unpaired) electrons. The monoisotopic (exact) mass is 464 g/mol. The number of hydrogen-bond donors (Lipinski definition) is 1. The minimum atomic E-state index is -0.557. The average molecular weight is 465 g/mol. The van der Waals surface area contributed by atoms with Gasteiger partial charge in [-0.25, -0.2) is 9.18 Å². The van der Waals surface area contributed by atoms with Crippen molar-refractivity contribution in [3.63, 3.8) is 0 Å². The highest BCUT2D eigenvalue weighted by atomic mass is 35.5. The zero-order valence-corrected chi connectivity index (χ0v) is 18.9. The molecular weight excluding hydrogens is 443 g/mol. The zero-order valence-electron chi connectivity index (χ0n) is 18.2. The fraction of sp³-hybridized carbons (Fsp3) is 0.192. The predicted octanol–water partition coefficient (Wildman–Crippen LogP) is 6.42. The van der Waals surface area contributed by atoms with Crippen LogP contribution >= 0.6 is 11.6 Å². The fourth-order valence-corrected chi connectivity index (χ4v) is 4.59. The summed E-state index contributed by atoms with van der Waals surface area (Å²) in [5, 5.41) is 1.64. The number of hydrogen-bond acceptors (Lipinski definition) is 3. The minimum Gasteiger partial charge on any atom is -0.494 e. The summed E-state index contributed by atoms with van der Waals surface area (Å²) in [4.78, 5) is 18.3. The fourth-order valence-electron chi connectivity index (χ4n) is 4.42. The minimum absolute atomic E-state index is 0.145. The van der Waals surface area contributed by atoms with Crippen LogP contribution in [0.2, 0.25) is 5.02 Å². The van der Waals surface area contributed by atoms with Gasteiger partial charge < -0.3 is 14.5 Å². The smallest absolute Gasteiger partial charge is 0.416 e. The van der Waals surface area contributed by atoms with Gasteiger partial charge in [0, 0.05) is 28.2 Å². The lowest BCUT2D eigenvalue weighted by Gasteiger charge is -2.35.